The number of benzene rings is 1. The van der Waals surface area contributed by atoms with E-state index in [1.807, 2.05) is 0 Å². The molecule has 0 spiro atoms. The lowest BCUT2D eigenvalue weighted by atomic mass is 10.1. The summed E-state index contributed by atoms with van der Waals surface area (Å²) in [4.78, 5) is 42.1. The molecule has 0 aromatic heterocycles. The van der Waals surface area contributed by atoms with E-state index in [1.54, 1.807) is 36.6 Å². The Morgan fingerprint density at radius 1 is 1.00 bits per heavy atom. The number of para-hydroxylation sites is 1. The molecular weight excluding hydrogens is 449 g/mol. The van der Waals surface area contributed by atoms with Crippen molar-refractivity contribution >= 4 is 29.4 Å². The van der Waals surface area contributed by atoms with Gasteiger partial charge in [-0.25, -0.2) is 18.8 Å². The van der Waals surface area contributed by atoms with Gasteiger partial charge >= 0.3 is 18.0 Å². The molecule has 2 aliphatic rings. The number of piperazine rings is 1. The fourth-order valence-corrected chi connectivity index (χ4v) is 3.81. The van der Waals surface area contributed by atoms with Crippen LogP contribution >= 0.6 is 0 Å². The molecular formula is C23H30FN3O7. The maximum atomic E-state index is 15.2. The fourth-order valence-electron chi connectivity index (χ4n) is 3.81. The Morgan fingerprint density at radius 2 is 1.65 bits per heavy atom. The van der Waals surface area contributed by atoms with E-state index in [9.17, 15) is 14.4 Å². The molecule has 1 aromatic rings. The Bertz CT molecular complexity index is 981. The van der Waals surface area contributed by atoms with Crippen LogP contribution < -0.4 is 9.80 Å². The van der Waals surface area contributed by atoms with Crippen LogP contribution in [0.2, 0.25) is 0 Å². The highest BCUT2D eigenvalue weighted by Crippen LogP contribution is 2.37. The molecule has 10 nitrogen and oxygen atoms in total. The molecule has 1 amide bonds. The van der Waals surface area contributed by atoms with E-state index in [2.05, 4.69) is 0 Å². The van der Waals surface area contributed by atoms with Crippen LogP contribution in [0.4, 0.5) is 20.6 Å². The molecule has 0 N–H and O–H groups in total. The molecule has 0 atom stereocenters. The summed E-state index contributed by atoms with van der Waals surface area (Å²) in [5, 5.41) is 0. The zero-order chi connectivity index (χ0) is 25.0. The number of nitrogens with zero attached hydrogens (tertiary/aromatic N) is 3. The van der Waals surface area contributed by atoms with E-state index in [1.165, 1.54) is 31.3 Å². The summed E-state index contributed by atoms with van der Waals surface area (Å²) in [6.07, 6.45) is -0.427. The van der Waals surface area contributed by atoms with Crippen LogP contribution in [0.3, 0.4) is 0 Å². The smallest absolute Gasteiger partial charge is 0.410 e. The van der Waals surface area contributed by atoms with Gasteiger partial charge in [0.2, 0.25) is 0 Å². The lowest BCUT2D eigenvalue weighted by Gasteiger charge is -2.39. The van der Waals surface area contributed by atoms with Crippen molar-refractivity contribution in [2.75, 3.05) is 63.5 Å². The van der Waals surface area contributed by atoms with Crippen molar-refractivity contribution in [1.82, 2.24) is 4.90 Å². The largest absolute Gasteiger partial charge is 0.466 e. The van der Waals surface area contributed by atoms with Gasteiger partial charge in [0.1, 0.15) is 23.8 Å². The van der Waals surface area contributed by atoms with E-state index < -0.39 is 29.5 Å². The second-order valence-electron chi connectivity index (χ2n) is 8.78. The molecule has 1 fully saturated rings. The van der Waals surface area contributed by atoms with Gasteiger partial charge in [0.15, 0.2) is 0 Å². The second-order valence-corrected chi connectivity index (χ2v) is 8.78. The SMILES string of the molecule is COC(=O)C1=C(C(=O)OC)N(c2cccc(F)c2N2CCN(C(=O)OC(C)(C)C)CC2)COC1. The average molecular weight is 480 g/mol. The van der Waals surface area contributed by atoms with Crippen molar-refractivity contribution in [2.24, 2.45) is 0 Å². The van der Waals surface area contributed by atoms with Crippen LogP contribution in [0.25, 0.3) is 0 Å². The maximum Gasteiger partial charge on any atom is 0.410 e. The minimum atomic E-state index is -0.770. The van der Waals surface area contributed by atoms with Crippen LogP contribution in [-0.4, -0.2) is 82.3 Å². The number of methoxy groups -OCH3 is 2. The van der Waals surface area contributed by atoms with E-state index in [4.69, 9.17) is 18.9 Å². The van der Waals surface area contributed by atoms with E-state index in [-0.39, 0.29) is 30.3 Å². The lowest BCUT2D eigenvalue weighted by Crippen LogP contribution is -2.50. The van der Waals surface area contributed by atoms with Gasteiger partial charge < -0.3 is 33.6 Å². The molecule has 0 saturated carbocycles. The molecule has 1 saturated heterocycles. The van der Waals surface area contributed by atoms with Crippen molar-refractivity contribution in [3.63, 3.8) is 0 Å². The molecule has 1 aromatic carbocycles. The second kappa shape index (κ2) is 10.3. The molecule has 0 radical (unpaired) electrons. The number of carbonyl (C=O) groups is 3. The molecule has 0 aliphatic carbocycles. The molecule has 3 rings (SSSR count). The highest BCUT2D eigenvalue weighted by Gasteiger charge is 2.35. The van der Waals surface area contributed by atoms with Crippen molar-refractivity contribution in [1.29, 1.82) is 0 Å². The van der Waals surface area contributed by atoms with E-state index in [0.29, 0.717) is 31.9 Å². The van der Waals surface area contributed by atoms with Crippen LogP contribution in [0.15, 0.2) is 29.5 Å². The Labute approximate surface area is 197 Å². The first-order valence-corrected chi connectivity index (χ1v) is 10.8. The Morgan fingerprint density at radius 3 is 2.24 bits per heavy atom. The third kappa shape index (κ3) is 5.41. The summed E-state index contributed by atoms with van der Waals surface area (Å²) in [6.45, 7) is 6.46. The minimum Gasteiger partial charge on any atom is -0.466 e. The van der Waals surface area contributed by atoms with Gasteiger partial charge in [-0.15, -0.1) is 0 Å². The zero-order valence-electron chi connectivity index (χ0n) is 20.1. The van der Waals surface area contributed by atoms with Crippen LogP contribution in [-0.2, 0) is 28.5 Å². The van der Waals surface area contributed by atoms with Gasteiger partial charge in [-0.05, 0) is 32.9 Å². The molecule has 11 heteroatoms. The first-order chi connectivity index (χ1) is 16.1. The Hall–Kier alpha value is -3.34. The summed E-state index contributed by atoms with van der Waals surface area (Å²) >= 11 is 0. The first-order valence-electron chi connectivity index (χ1n) is 10.8. The van der Waals surface area contributed by atoms with Gasteiger partial charge in [-0.2, -0.15) is 0 Å². The fraction of sp³-hybridized carbons (Fsp3) is 0.522. The number of rotatable bonds is 4. The van der Waals surface area contributed by atoms with Crippen LogP contribution in [0.1, 0.15) is 20.8 Å². The molecule has 2 heterocycles. The molecule has 186 valence electrons. The number of halogens is 1. The number of esters is 2. The van der Waals surface area contributed by atoms with Gasteiger partial charge in [0.25, 0.3) is 0 Å². The highest BCUT2D eigenvalue weighted by molar-refractivity contribution is 6.04. The van der Waals surface area contributed by atoms with Crippen molar-refractivity contribution in [3.05, 3.63) is 35.3 Å². The first kappa shape index (κ1) is 25.3. The highest BCUT2D eigenvalue weighted by atomic mass is 19.1. The molecule has 0 bridgehead atoms. The zero-order valence-corrected chi connectivity index (χ0v) is 20.1. The predicted molar refractivity (Wildman–Crippen MR) is 121 cm³/mol. The number of hydrogen-bond donors (Lipinski definition) is 0. The third-order valence-corrected chi connectivity index (χ3v) is 5.34. The number of hydrogen-bond acceptors (Lipinski definition) is 9. The number of anilines is 2. The quantitative estimate of drug-likeness (QED) is 0.476. The van der Waals surface area contributed by atoms with Crippen molar-refractivity contribution in [2.45, 2.75) is 26.4 Å². The van der Waals surface area contributed by atoms with Gasteiger partial charge in [-0.1, -0.05) is 6.07 Å². The minimum absolute atomic E-state index is 0.0226. The van der Waals surface area contributed by atoms with Crippen LogP contribution in [0, 0.1) is 5.82 Å². The summed E-state index contributed by atoms with van der Waals surface area (Å²) < 4.78 is 35.8. The van der Waals surface area contributed by atoms with Crippen molar-refractivity contribution in [3.8, 4) is 0 Å². The molecule has 34 heavy (non-hydrogen) atoms. The summed E-state index contributed by atoms with van der Waals surface area (Å²) in [7, 11) is 2.39. The van der Waals surface area contributed by atoms with E-state index in [0.717, 1.165) is 0 Å². The molecule has 2 aliphatic heterocycles. The standard InChI is InChI=1S/C23H30FN3O7/c1-23(2,3)34-22(30)26-11-9-25(10-12-26)19-16(24)7-6-8-17(19)27-14-33-13-15(20(28)31-4)18(27)21(29)32-5/h6-8H,9-14H2,1-5H3. The van der Waals surface area contributed by atoms with Crippen LogP contribution in [0.5, 0.6) is 0 Å². The Balaban J connectivity index is 1.93. The molecule has 0 unspecified atom stereocenters. The summed E-state index contributed by atoms with van der Waals surface area (Å²) in [5.74, 6) is -2.03. The van der Waals surface area contributed by atoms with Gasteiger partial charge in [0, 0.05) is 26.2 Å². The topological polar surface area (TPSA) is 97.9 Å². The predicted octanol–water partition coefficient (Wildman–Crippen LogP) is 2.28. The normalized spacial score (nSPS) is 16.9. The monoisotopic (exact) mass is 479 g/mol. The van der Waals surface area contributed by atoms with Gasteiger partial charge in [0.05, 0.1) is 37.8 Å². The third-order valence-electron chi connectivity index (χ3n) is 5.34. The van der Waals surface area contributed by atoms with E-state index >= 15 is 4.39 Å². The van der Waals surface area contributed by atoms with Gasteiger partial charge in [-0.3, -0.25) is 0 Å². The number of ether oxygens (including phenoxy) is 4. The van der Waals surface area contributed by atoms with Crippen molar-refractivity contribution < 1.29 is 37.7 Å². The number of amides is 1. The average Bonchev–Trinajstić information content (AvgIpc) is 2.81. The lowest BCUT2D eigenvalue weighted by molar-refractivity contribution is -0.140. The number of carbonyl (C=O) groups excluding carboxylic acids is 3. The Kier molecular flexibility index (Phi) is 7.65. The summed E-state index contributed by atoms with van der Waals surface area (Å²) in [6, 6.07) is 4.45. The summed E-state index contributed by atoms with van der Waals surface area (Å²) in [5.41, 5.74) is -0.158. The maximum absolute atomic E-state index is 15.2.